The van der Waals surface area contributed by atoms with E-state index >= 15 is 0 Å². The van der Waals surface area contributed by atoms with E-state index in [2.05, 4.69) is 47.8 Å². The third-order valence-electron chi connectivity index (χ3n) is 2.36. The van der Waals surface area contributed by atoms with Crippen molar-refractivity contribution in [1.82, 2.24) is 4.98 Å². The summed E-state index contributed by atoms with van der Waals surface area (Å²) in [5.41, 5.74) is 0.946. The van der Waals surface area contributed by atoms with Gasteiger partial charge in [0.05, 0.1) is 5.69 Å². The third-order valence-corrected chi connectivity index (χ3v) is 7.04. The molecular formula is C14H24N2SSi. The molecule has 0 N–H and O–H groups in total. The molecule has 0 fully saturated rings. The lowest BCUT2D eigenvalue weighted by atomic mass is 10.2. The zero-order valence-electron chi connectivity index (χ0n) is 11.9. The minimum Gasteiger partial charge on any atom is -0.291 e. The van der Waals surface area contributed by atoms with Crippen LogP contribution in [-0.2, 0) is 0 Å². The molecule has 0 saturated carbocycles. The van der Waals surface area contributed by atoms with Crippen LogP contribution in [0.4, 0.5) is 0 Å². The summed E-state index contributed by atoms with van der Waals surface area (Å²) < 4.78 is 0. The molecule has 0 amide bonds. The van der Waals surface area contributed by atoms with E-state index in [4.69, 9.17) is 0 Å². The van der Waals surface area contributed by atoms with Gasteiger partial charge in [-0.25, -0.2) is 0 Å². The third kappa shape index (κ3) is 7.66. The van der Waals surface area contributed by atoms with Gasteiger partial charge in [0.2, 0.25) is 0 Å². The number of aromatic nitrogens is 1. The Morgan fingerprint density at radius 3 is 2.78 bits per heavy atom. The van der Waals surface area contributed by atoms with Crippen LogP contribution in [0.15, 0.2) is 29.4 Å². The highest BCUT2D eigenvalue weighted by Crippen LogP contribution is 2.27. The summed E-state index contributed by atoms with van der Waals surface area (Å²) in [5, 5.41) is 0.765. The van der Waals surface area contributed by atoms with Crippen LogP contribution in [0, 0.1) is 0 Å². The molecule has 1 aromatic rings. The van der Waals surface area contributed by atoms with Crippen LogP contribution in [0.2, 0.25) is 19.6 Å². The van der Waals surface area contributed by atoms with Gasteiger partial charge in [0.25, 0.3) is 0 Å². The fourth-order valence-electron chi connectivity index (χ4n) is 1.74. The lowest BCUT2D eigenvalue weighted by molar-refractivity contribution is 0.743. The van der Waals surface area contributed by atoms with Gasteiger partial charge in [-0.3, -0.25) is 9.98 Å². The quantitative estimate of drug-likeness (QED) is 0.424. The second-order valence-electron chi connectivity index (χ2n) is 5.47. The summed E-state index contributed by atoms with van der Waals surface area (Å²) in [6.45, 7) is 10.5. The predicted molar refractivity (Wildman–Crippen MR) is 86.3 cm³/mol. The predicted octanol–water partition coefficient (Wildman–Crippen LogP) is 4.24. The van der Waals surface area contributed by atoms with Gasteiger partial charge < -0.3 is 0 Å². The van der Waals surface area contributed by atoms with Gasteiger partial charge in [-0.05, 0) is 30.2 Å². The molecule has 2 nitrogen and oxygen atoms in total. The van der Waals surface area contributed by atoms with Crippen molar-refractivity contribution in [2.75, 3.05) is 6.54 Å². The molecule has 0 radical (unpaired) electrons. The van der Waals surface area contributed by atoms with Crippen LogP contribution in [-0.4, -0.2) is 30.2 Å². The molecule has 0 aliphatic rings. The van der Waals surface area contributed by atoms with E-state index in [-0.39, 0.29) is 0 Å². The SMILES string of the molecule is CC(CCC/N=C/c1ccccn1)S[Si](C)(C)C. The van der Waals surface area contributed by atoms with E-state index in [1.807, 2.05) is 24.4 Å². The summed E-state index contributed by atoms with van der Waals surface area (Å²) in [4.78, 5) is 8.64. The van der Waals surface area contributed by atoms with Crippen molar-refractivity contribution in [2.45, 2.75) is 44.7 Å². The molecule has 1 rings (SSSR count). The zero-order chi connectivity index (χ0) is 13.4. The molecule has 0 bridgehead atoms. The second-order valence-corrected chi connectivity index (χ2v) is 15.1. The molecule has 0 aliphatic heterocycles. The normalized spacial score (nSPS) is 14.0. The van der Waals surface area contributed by atoms with Crippen molar-refractivity contribution in [3.05, 3.63) is 30.1 Å². The van der Waals surface area contributed by atoms with Crippen molar-refractivity contribution in [1.29, 1.82) is 0 Å². The Kier molecular flexibility index (Phi) is 6.64. The van der Waals surface area contributed by atoms with Crippen LogP contribution in [0.1, 0.15) is 25.5 Å². The summed E-state index contributed by atoms with van der Waals surface area (Å²) in [7, 11) is -0.973. The van der Waals surface area contributed by atoms with Crippen molar-refractivity contribution in [3.8, 4) is 0 Å². The first kappa shape index (κ1) is 15.4. The van der Waals surface area contributed by atoms with Gasteiger partial charge in [0.1, 0.15) is 7.22 Å². The molecule has 1 heterocycles. The topological polar surface area (TPSA) is 25.2 Å². The van der Waals surface area contributed by atoms with Gasteiger partial charge in [-0.2, -0.15) is 11.2 Å². The molecule has 100 valence electrons. The number of nitrogens with zero attached hydrogens (tertiary/aromatic N) is 2. The highest BCUT2D eigenvalue weighted by Gasteiger charge is 2.17. The Hall–Kier alpha value is -0.613. The first-order chi connectivity index (χ1) is 8.47. The van der Waals surface area contributed by atoms with E-state index in [0.29, 0.717) is 0 Å². The van der Waals surface area contributed by atoms with Crippen molar-refractivity contribution < 1.29 is 0 Å². The van der Waals surface area contributed by atoms with E-state index in [1.54, 1.807) is 6.20 Å². The minimum absolute atomic E-state index is 0.765. The van der Waals surface area contributed by atoms with Crippen molar-refractivity contribution in [2.24, 2.45) is 4.99 Å². The van der Waals surface area contributed by atoms with E-state index in [9.17, 15) is 0 Å². The Labute approximate surface area is 116 Å². The lowest BCUT2D eigenvalue weighted by Gasteiger charge is -2.20. The van der Waals surface area contributed by atoms with Gasteiger partial charge in [0.15, 0.2) is 0 Å². The first-order valence-electron chi connectivity index (χ1n) is 6.56. The summed E-state index contributed by atoms with van der Waals surface area (Å²) >= 11 is 2.19. The molecule has 0 aliphatic carbocycles. The maximum absolute atomic E-state index is 4.42. The van der Waals surface area contributed by atoms with Crippen LogP contribution in [0.5, 0.6) is 0 Å². The molecule has 1 aromatic heterocycles. The smallest absolute Gasteiger partial charge is 0.108 e. The number of hydrogen-bond donors (Lipinski definition) is 0. The van der Waals surface area contributed by atoms with Gasteiger partial charge in [0, 0.05) is 19.0 Å². The average molecular weight is 281 g/mol. The Morgan fingerprint density at radius 1 is 1.39 bits per heavy atom. The van der Waals surface area contributed by atoms with Crippen molar-refractivity contribution in [3.63, 3.8) is 0 Å². The van der Waals surface area contributed by atoms with E-state index in [0.717, 1.165) is 17.5 Å². The maximum atomic E-state index is 4.42. The second kappa shape index (κ2) is 7.74. The molecule has 18 heavy (non-hydrogen) atoms. The maximum Gasteiger partial charge on any atom is 0.108 e. The standard InChI is InChI=1S/C14H24N2SSi/c1-13(17-18(2,3)4)8-7-10-15-12-14-9-5-6-11-16-14/h5-6,9,11-13H,7-8,10H2,1-4H3/b15-12+. The monoisotopic (exact) mass is 280 g/mol. The Morgan fingerprint density at radius 2 is 2.17 bits per heavy atom. The first-order valence-corrected chi connectivity index (χ1v) is 11.7. The van der Waals surface area contributed by atoms with Gasteiger partial charge >= 0.3 is 0 Å². The molecule has 1 unspecified atom stereocenters. The highest BCUT2D eigenvalue weighted by atomic mass is 32.4. The van der Waals surface area contributed by atoms with E-state index in [1.165, 1.54) is 12.8 Å². The number of aliphatic imine (C=N–C) groups is 1. The van der Waals surface area contributed by atoms with Crippen LogP contribution in [0.3, 0.4) is 0 Å². The van der Waals surface area contributed by atoms with Crippen molar-refractivity contribution >= 4 is 24.6 Å². The fourth-order valence-corrected chi connectivity index (χ4v) is 7.21. The van der Waals surface area contributed by atoms with Gasteiger partial charge in [-0.15, -0.1) is 0 Å². The summed E-state index contributed by atoms with van der Waals surface area (Å²) in [6.07, 6.45) is 6.10. The van der Waals surface area contributed by atoms with Crippen LogP contribution < -0.4 is 0 Å². The largest absolute Gasteiger partial charge is 0.291 e. The van der Waals surface area contributed by atoms with Crippen LogP contribution >= 0.6 is 11.2 Å². The van der Waals surface area contributed by atoms with Crippen LogP contribution in [0.25, 0.3) is 0 Å². The molecule has 0 saturated heterocycles. The number of hydrogen-bond acceptors (Lipinski definition) is 3. The zero-order valence-corrected chi connectivity index (χ0v) is 13.7. The van der Waals surface area contributed by atoms with E-state index < -0.39 is 7.22 Å². The Balaban J connectivity index is 2.17. The number of rotatable bonds is 7. The molecule has 1 atom stereocenters. The van der Waals surface area contributed by atoms with Gasteiger partial charge in [-0.1, -0.05) is 32.6 Å². The highest BCUT2D eigenvalue weighted by molar-refractivity contribution is 8.29. The molecular weight excluding hydrogens is 256 g/mol. The summed E-state index contributed by atoms with van der Waals surface area (Å²) in [5.74, 6) is 0. The molecule has 0 spiro atoms. The number of pyridine rings is 1. The average Bonchev–Trinajstić information content (AvgIpc) is 2.27. The fraction of sp³-hybridized carbons (Fsp3) is 0.571. The molecule has 0 aromatic carbocycles. The summed E-state index contributed by atoms with van der Waals surface area (Å²) in [6, 6.07) is 5.89. The lowest BCUT2D eigenvalue weighted by Crippen LogP contribution is -2.18. The minimum atomic E-state index is -0.973. The Bertz CT molecular complexity index is 360. The molecule has 4 heteroatoms.